The van der Waals surface area contributed by atoms with E-state index in [1.54, 1.807) is 0 Å². The third kappa shape index (κ3) is 2.14. The topological polar surface area (TPSA) is 9.23 Å². The summed E-state index contributed by atoms with van der Waals surface area (Å²) < 4.78 is 5.32. The summed E-state index contributed by atoms with van der Waals surface area (Å²) in [6, 6.07) is 0. The third-order valence-corrected chi connectivity index (χ3v) is 2.76. The van der Waals surface area contributed by atoms with Gasteiger partial charge in [0.15, 0.2) is 0 Å². The number of ether oxygens (including phenoxy) is 1. The predicted octanol–water partition coefficient (Wildman–Crippen LogP) is 2.43. The number of hydrogen-bond donors (Lipinski definition) is 0. The first kappa shape index (κ1) is 8.35. The molecule has 0 spiro atoms. The van der Waals surface area contributed by atoms with Crippen molar-refractivity contribution in [2.24, 2.45) is 5.92 Å². The van der Waals surface area contributed by atoms with Gasteiger partial charge in [0.1, 0.15) is 0 Å². The van der Waals surface area contributed by atoms with Crippen molar-refractivity contribution in [3.05, 3.63) is 0 Å². The van der Waals surface area contributed by atoms with Crippen LogP contribution in [0.5, 0.6) is 0 Å². The minimum atomic E-state index is 0.334. The van der Waals surface area contributed by atoms with Crippen LogP contribution in [0, 0.1) is 5.92 Å². The molecule has 1 rings (SSSR count). The zero-order valence-corrected chi connectivity index (χ0v) is 7.23. The summed E-state index contributed by atoms with van der Waals surface area (Å²) in [5.74, 6) is 0.611. The molecule has 1 aliphatic rings. The molecule has 0 amide bonds. The minimum Gasteiger partial charge on any atom is -0.381 e. The van der Waals surface area contributed by atoms with E-state index in [0.717, 1.165) is 19.6 Å². The first-order valence-electron chi connectivity index (χ1n) is 4.06. The Morgan fingerprint density at radius 3 is 3.00 bits per heavy atom. The van der Waals surface area contributed by atoms with Crippen LogP contribution in [0.3, 0.4) is 0 Å². The van der Waals surface area contributed by atoms with E-state index in [1.165, 1.54) is 12.8 Å². The molecule has 0 aromatic rings. The Kier molecular flexibility index (Phi) is 3.50. The summed E-state index contributed by atoms with van der Waals surface area (Å²) in [4.78, 5) is 0. The normalized spacial score (nSPS) is 30.0. The summed E-state index contributed by atoms with van der Waals surface area (Å²) in [5.41, 5.74) is 0. The van der Waals surface area contributed by atoms with Crippen LogP contribution in [0.15, 0.2) is 0 Å². The molecular weight excluding hydrogens is 148 g/mol. The van der Waals surface area contributed by atoms with Crippen molar-refractivity contribution in [3.8, 4) is 0 Å². The Morgan fingerprint density at radius 1 is 1.70 bits per heavy atom. The maximum atomic E-state index is 6.06. The zero-order chi connectivity index (χ0) is 7.40. The summed E-state index contributed by atoms with van der Waals surface area (Å²) in [6.45, 7) is 3.94. The second kappa shape index (κ2) is 4.20. The number of rotatable bonds is 2. The maximum absolute atomic E-state index is 6.06. The number of hydrogen-bond acceptors (Lipinski definition) is 1. The standard InChI is InChI=1S/C8H15ClO/c1-2-8(9)7-4-3-5-10-6-7/h7-8H,2-6H2,1H3. The highest BCUT2D eigenvalue weighted by atomic mass is 35.5. The molecule has 1 aliphatic heterocycles. The fraction of sp³-hybridized carbons (Fsp3) is 1.00. The average Bonchev–Trinajstić information content (AvgIpc) is 2.05. The van der Waals surface area contributed by atoms with Crippen LogP contribution in [0.25, 0.3) is 0 Å². The zero-order valence-electron chi connectivity index (χ0n) is 6.48. The summed E-state index contributed by atoms with van der Waals surface area (Å²) in [5, 5.41) is 0.334. The lowest BCUT2D eigenvalue weighted by atomic mass is 9.97. The van der Waals surface area contributed by atoms with Gasteiger partial charge in [0.25, 0.3) is 0 Å². The van der Waals surface area contributed by atoms with Crippen LogP contribution in [0.1, 0.15) is 26.2 Å². The van der Waals surface area contributed by atoms with Crippen LogP contribution < -0.4 is 0 Å². The van der Waals surface area contributed by atoms with E-state index in [2.05, 4.69) is 6.92 Å². The highest BCUT2D eigenvalue weighted by Gasteiger charge is 2.20. The van der Waals surface area contributed by atoms with Crippen LogP contribution in [-0.4, -0.2) is 18.6 Å². The molecule has 1 heterocycles. The average molecular weight is 163 g/mol. The minimum absolute atomic E-state index is 0.334. The van der Waals surface area contributed by atoms with E-state index in [4.69, 9.17) is 16.3 Å². The quantitative estimate of drug-likeness (QED) is 0.567. The highest BCUT2D eigenvalue weighted by Crippen LogP contribution is 2.23. The van der Waals surface area contributed by atoms with Crippen molar-refractivity contribution in [2.75, 3.05) is 13.2 Å². The van der Waals surface area contributed by atoms with E-state index in [1.807, 2.05) is 0 Å². The van der Waals surface area contributed by atoms with E-state index >= 15 is 0 Å². The van der Waals surface area contributed by atoms with Crippen LogP contribution in [0.2, 0.25) is 0 Å². The van der Waals surface area contributed by atoms with Gasteiger partial charge >= 0.3 is 0 Å². The van der Waals surface area contributed by atoms with Gasteiger partial charge in [-0.2, -0.15) is 0 Å². The molecule has 0 bridgehead atoms. The number of halogens is 1. The Bertz CT molecular complexity index is 89.3. The largest absolute Gasteiger partial charge is 0.381 e. The molecule has 0 saturated carbocycles. The molecule has 60 valence electrons. The van der Waals surface area contributed by atoms with Crippen molar-refractivity contribution in [3.63, 3.8) is 0 Å². The van der Waals surface area contributed by atoms with Gasteiger partial charge in [-0.05, 0) is 25.2 Å². The first-order valence-corrected chi connectivity index (χ1v) is 4.50. The Hall–Kier alpha value is 0.250. The molecule has 1 fully saturated rings. The molecule has 0 radical (unpaired) electrons. The van der Waals surface area contributed by atoms with Gasteiger partial charge in [-0.25, -0.2) is 0 Å². The van der Waals surface area contributed by atoms with Gasteiger partial charge in [0, 0.05) is 12.0 Å². The van der Waals surface area contributed by atoms with Crippen molar-refractivity contribution < 1.29 is 4.74 Å². The van der Waals surface area contributed by atoms with Crippen molar-refractivity contribution in [1.29, 1.82) is 0 Å². The molecule has 2 heteroatoms. The monoisotopic (exact) mass is 162 g/mol. The highest BCUT2D eigenvalue weighted by molar-refractivity contribution is 6.20. The fourth-order valence-electron chi connectivity index (χ4n) is 1.38. The van der Waals surface area contributed by atoms with E-state index in [9.17, 15) is 0 Å². The van der Waals surface area contributed by atoms with Gasteiger partial charge in [-0.1, -0.05) is 6.92 Å². The molecule has 10 heavy (non-hydrogen) atoms. The lowest BCUT2D eigenvalue weighted by Gasteiger charge is -2.25. The van der Waals surface area contributed by atoms with E-state index in [-0.39, 0.29) is 0 Å². The fourth-order valence-corrected chi connectivity index (χ4v) is 1.58. The van der Waals surface area contributed by atoms with Crippen LogP contribution in [0.4, 0.5) is 0 Å². The molecule has 2 atom stereocenters. The van der Waals surface area contributed by atoms with Crippen molar-refractivity contribution in [2.45, 2.75) is 31.6 Å². The van der Waals surface area contributed by atoms with Gasteiger partial charge in [0.2, 0.25) is 0 Å². The second-order valence-electron chi connectivity index (χ2n) is 2.90. The molecule has 1 nitrogen and oxygen atoms in total. The molecule has 1 saturated heterocycles. The summed E-state index contributed by atoms with van der Waals surface area (Å²) in [7, 11) is 0. The SMILES string of the molecule is CCC(Cl)C1CCCOC1. The van der Waals surface area contributed by atoms with Crippen molar-refractivity contribution in [1.82, 2.24) is 0 Å². The molecule has 0 aromatic carbocycles. The molecule has 0 aromatic heterocycles. The molecule has 0 N–H and O–H groups in total. The van der Waals surface area contributed by atoms with Gasteiger partial charge in [-0.3, -0.25) is 0 Å². The Labute approximate surface area is 67.7 Å². The van der Waals surface area contributed by atoms with E-state index < -0.39 is 0 Å². The van der Waals surface area contributed by atoms with Crippen molar-refractivity contribution >= 4 is 11.6 Å². The Balaban J connectivity index is 2.24. The maximum Gasteiger partial charge on any atom is 0.0508 e. The van der Waals surface area contributed by atoms with Gasteiger partial charge in [0.05, 0.1) is 6.61 Å². The lowest BCUT2D eigenvalue weighted by molar-refractivity contribution is 0.0529. The Morgan fingerprint density at radius 2 is 2.50 bits per heavy atom. The lowest BCUT2D eigenvalue weighted by Crippen LogP contribution is -2.24. The van der Waals surface area contributed by atoms with Gasteiger partial charge in [-0.15, -0.1) is 11.6 Å². The first-order chi connectivity index (χ1) is 4.84. The molecular formula is C8H15ClO. The third-order valence-electron chi connectivity index (χ3n) is 2.10. The van der Waals surface area contributed by atoms with Gasteiger partial charge < -0.3 is 4.74 Å². The van der Waals surface area contributed by atoms with E-state index in [0.29, 0.717) is 11.3 Å². The van der Waals surface area contributed by atoms with Crippen LogP contribution in [-0.2, 0) is 4.74 Å². The molecule has 2 unspecified atom stereocenters. The smallest absolute Gasteiger partial charge is 0.0508 e. The number of alkyl halides is 1. The van der Waals surface area contributed by atoms with Crippen LogP contribution >= 0.6 is 11.6 Å². The summed E-state index contributed by atoms with van der Waals surface area (Å²) >= 11 is 6.06. The summed E-state index contributed by atoms with van der Waals surface area (Å²) in [6.07, 6.45) is 3.51. The second-order valence-corrected chi connectivity index (χ2v) is 3.46. The predicted molar refractivity (Wildman–Crippen MR) is 43.5 cm³/mol. The molecule has 0 aliphatic carbocycles.